The van der Waals surface area contributed by atoms with Crippen LogP contribution in [0.4, 0.5) is 0 Å². The first-order chi connectivity index (χ1) is 7.00. The van der Waals surface area contributed by atoms with Gasteiger partial charge in [-0.15, -0.1) is 0 Å². The Hall–Kier alpha value is -0.510. The average Bonchev–Trinajstić information content (AvgIpc) is 2.15. The predicted molar refractivity (Wildman–Crippen MR) is 67.2 cm³/mol. The van der Waals surface area contributed by atoms with Gasteiger partial charge >= 0.3 is 0 Å². The summed E-state index contributed by atoms with van der Waals surface area (Å²) in [6, 6.07) is 5.62. The van der Waals surface area contributed by atoms with E-state index in [0.717, 1.165) is 15.8 Å². The van der Waals surface area contributed by atoms with E-state index < -0.39 is 0 Å². The molecule has 0 saturated carbocycles. The van der Waals surface area contributed by atoms with Crippen LogP contribution in [0.1, 0.15) is 18.5 Å². The summed E-state index contributed by atoms with van der Waals surface area (Å²) in [5, 5.41) is 0.466. The molecule has 2 N–H and O–H groups in total. The van der Waals surface area contributed by atoms with Crippen LogP contribution in [0.5, 0.6) is 5.75 Å². The van der Waals surface area contributed by atoms with E-state index in [1.54, 1.807) is 0 Å². The van der Waals surface area contributed by atoms with Crippen LogP contribution >= 0.6 is 27.5 Å². The highest BCUT2D eigenvalue weighted by atomic mass is 79.9. The summed E-state index contributed by atoms with van der Waals surface area (Å²) in [5.41, 5.74) is 6.78. The van der Waals surface area contributed by atoms with Gasteiger partial charge in [0.2, 0.25) is 0 Å². The lowest BCUT2D eigenvalue weighted by Gasteiger charge is -2.13. The molecule has 15 heavy (non-hydrogen) atoms. The van der Waals surface area contributed by atoms with Crippen molar-refractivity contribution in [2.24, 2.45) is 5.73 Å². The first kappa shape index (κ1) is 12.6. The molecular formula is C11H13BrClNO. The highest BCUT2D eigenvalue weighted by Crippen LogP contribution is 2.27. The van der Waals surface area contributed by atoms with Crippen molar-refractivity contribution in [3.05, 3.63) is 39.8 Å². The Morgan fingerprint density at radius 2 is 2.33 bits per heavy atom. The lowest BCUT2D eigenvalue weighted by atomic mass is 10.1. The van der Waals surface area contributed by atoms with Crippen LogP contribution in [-0.4, -0.2) is 6.61 Å². The van der Waals surface area contributed by atoms with Crippen LogP contribution in [0.3, 0.4) is 0 Å². The van der Waals surface area contributed by atoms with E-state index in [1.807, 2.05) is 25.1 Å². The number of ether oxygens (including phenoxy) is 1. The van der Waals surface area contributed by atoms with Gasteiger partial charge in [0.15, 0.2) is 0 Å². The lowest BCUT2D eigenvalue weighted by molar-refractivity contribution is 0.353. The number of halogens is 2. The zero-order valence-electron chi connectivity index (χ0n) is 8.47. The minimum absolute atomic E-state index is 0.0823. The number of hydrogen-bond donors (Lipinski definition) is 1. The minimum atomic E-state index is -0.0823. The van der Waals surface area contributed by atoms with Gasteiger partial charge in [-0.2, -0.15) is 0 Å². The van der Waals surface area contributed by atoms with Gasteiger partial charge in [-0.3, -0.25) is 0 Å². The Kier molecular flexibility index (Phi) is 4.64. The first-order valence-electron chi connectivity index (χ1n) is 4.52. The van der Waals surface area contributed by atoms with E-state index in [4.69, 9.17) is 22.1 Å². The Morgan fingerprint density at radius 1 is 1.67 bits per heavy atom. The Morgan fingerprint density at radius 3 is 2.87 bits per heavy atom. The van der Waals surface area contributed by atoms with E-state index in [0.29, 0.717) is 11.6 Å². The van der Waals surface area contributed by atoms with Crippen molar-refractivity contribution in [2.75, 3.05) is 6.61 Å². The van der Waals surface area contributed by atoms with Gasteiger partial charge in [-0.1, -0.05) is 34.1 Å². The molecule has 1 atom stereocenters. The molecule has 4 heteroatoms. The molecule has 0 unspecified atom stereocenters. The summed E-state index contributed by atoms with van der Waals surface area (Å²) in [4.78, 5) is 0. The van der Waals surface area contributed by atoms with Gasteiger partial charge in [0.25, 0.3) is 0 Å². The van der Waals surface area contributed by atoms with E-state index in [9.17, 15) is 0 Å². The molecule has 0 fully saturated rings. The Labute approximate surface area is 103 Å². The summed E-state index contributed by atoms with van der Waals surface area (Å²) in [7, 11) is 0. The maximum absolute atomic E-state index is 5.83. The van der Waals surface area contributed by atoms with E-state index in [-0.39, 0.29) is 6.04 Å². The van der Waals surface area contributed by atoms with Crippen LogP contribution in [-0.2, 0) is 0 Å². The molecule has 0 amide bonds. The summed E-state index contributed by atoms with van der Waals surface area (Å²) in [6.07, 6.45) is 0. The van der Waals surface area contributed by atoms with Crippen LogP contribution < -0.4 is 10.5 Å². The third kappa shape index (κ3) is 3.86. The maximum Gasteiger partial charge on any atom is 0.124 e. The minimum Gasteiger partial charge on any atom is -0.488 e. The average molecular weight is 291 g/mol. The number of hydrogen-bond acceptors (Lipinski definition) is 2. The van der Waals surface area contributed by atoms with Gasteiger partial charge < -0.3 is 10.5 Å². The fourth-order valence-corrected chi connectivity index (χ4v) is 1.60. The summed E-state index contributed by atoms with van der Waals surface area (Å²) in [6.45, 7) is 5.76. The molecule has 1 rings (SSSR count). The van der Waals surface area contributed by atoms with Crippen molar-refractivity contribution in [3.63, 3.8) is 0 Å². The molecule has 2 nitrogen and oxygen atoms in total. The molecule has 0 aliphatic heterocycles. The second-order valence-electron chi connectivity index (χ2n) is 3.28. The van der Waals surface area contributed by atoms with Crippen molar-refractivity contribution >= 4 is 27.5 Å². The smallest absolute Gasteiger partial charge is 0.124 e. The quantitative estimate of drug-likeness (QED) is 0.919. The predicted octanol–water partition coefficient (Wildman–Crippen LogP) is 3.60. The molecule has 0 aliphatic carbocycles. The Balaban J connectivity index is 2.90. The topological polar surface area (TPSA) is 35.2 Å². The molecule has 1 aromatic carbocycles. The molecule has 1 aromatic rings. The van der Waals surface area contributed by atoms with Gasteiger partial charge in [-0.05, 0) is 25.1 Å². The number of nitrogens with two attached hydrogens (primary N) is 1. The van der Waals surface area contributed by atoms with Crippen LogP contribution in [0, 0.1) is 0 Å². The van der Waals surface area contributed by atoms with Gasteiger partial charge in [0.1, 0.15) is 12.4 Å². The molecule has 0 heterocycles. The van der Waals surface area contributed by atoms with E-state index >= 15 is 0 Å². The molecule has 0 bridgehead atoms. The fraction of sp³-hybridized carbons (Fsp3) is 0.273. The summed E-state index contributed by atoms with van der Waals surface area (Å²) in [5.74, 6) is 0.745. The lowest BCUT2D eigenvalue weighted by Crippen LogP contribution is -2.08. The zero-order chi connectivity index (χ0) is 11.4. The standard InChI is InChI=1S/C11H13BrClNO/c1-7(13)6-15-11-4-3-9(12)5-10(11)8(2)14/h3-5,8H,1,6,14H2,2H3/t8-/m0/s1. The fourth-order valence-electron chi connectivity index (χ4n) is 1.16. The second kappa shape index (κ2) is 5.54. The van der Waals surface area contributed by atoms with Crippen LogP contribution in [0.25, 0.3) is 0 Å². The van der Waals surface area contributed by atoms with Gasteiger partial charge in [0.05, 0.1) is 0 Å². The number of rotatable bonds is 4. The normalized spacial score (nSPS) is 12.3. The van der Waals surface area contributed by atoms with Crippen molar-refractivity contribution < 1.29 is 4.74 Å². The number of benzene rings is 1. The molecule has 0 saturated heterocycles. The van der Waals surface area contributed by atoms with Crippen molar-refractivity contribution in [1.82, 2.24) is 0 Å². The molecule has 0 spiro atoms. The summed E-state index contributed by atoms with van der Waals surface area (Å²) < 4.78 is 6.46. The second-order valence-corrected chi connectivity index (χ2v) is 4.73. The molecule has 0 radical (unpaired) electrons. The highest BCUT2D eigenvalue weighted by Gasteiger charge is 2.08. The first-order valence-corrected chi connectivity index (χ1v) is 5.69. The molecular weight excluding hydrogens is 277 g/mol. The van der Waals surface area contributed by atoms with Crippen molar-refractivity contribution in [3.8, 4) is 5.75 Å². The van der Waals surface area contributed by atoms with Gasteiger partial charge in [0, 0.05) is 21.1 Å². The highest BCUT2D eigenvalue weighted by molar-refractivity contribution is 9.10. The van der Waals surface area contributed by atoms with Crippen molar-refractivity contribution in [1.29, 1.82) is 0 Å². The van der Waals surface area contributed by atoms with E-state index in [2.05, 4.69) is 22.5 Å². The molecule has 82 valence electrons. The zero-order valence-corrected chi connectivity index (χ0v) is 10.8. The maximum atomic E-state index is 5.83. The monoisotopic (exact) mass is 289 g/mol. The molecule has 0 aromatic heterocycles. The molecule has 0 aliphatic rings. The van der Waals surface area contributed by atoms with Crippen LogP contribution in [0.2, 0.25) is 0 Å². The van der Waals surface area contributed by atoms with Crippen molar-refractivity contribution in [2.45, 2.75) is 13.0 Å². The third-order valence-corrected chi connectivity index (χ3v) is 2.45. The van der Waals surface area contributed by atoms with Gasteiger partial charge in [-0.25, -0.2) is 0 Å². The van der Waals surface area contributed by atoms with Crippen LogP contribution in [0.15, 0.2) is 34.3 Å². The van der Waals surface area contributed by atoms with E-state index in [1.165, 1.54) is 0 Å². The largest absolute Gasteiger partial charge is 0.488 e. The summed E-state index contributed by atoms with van der Waals surface area (Å²) >= 11 is 9.02. The SMILES string of the molecule is C=C(Cl)COc1ccc(Br)cc1[C@H](C)N. The Bertz CT molecular complexity index is 366. The third-order valence-electron chi connectivity index (χ3n) is 1.85.